The Morgan fingerprint density at radius 3 is 2.12 bits per heavy atom. The minimum atomic E-state index is -4.46. The van der Waals surface area contributed by atoms with Crippen molar-refractivity contribution in [2.75, 3.05) is 24.1 Å². The van der Waals surface area contributed by atoms with Crippen LogP contribution in [-0.2, 0) is 21.0 Å². The van der Waals surface area contributed by atoms with Gasteiger partial charge in [0.25, 0.3) is 0 Å². The smallest absolute Gasteiger partial charge is 0.336 e. The van der Waals surface area contributed by atoms with E-state index in [4.69, 9.17) is 0 Å². The minimum absolute atomic E-state index is 0.227. The van der Waals surface area contributed by atoms with Gasteiger partial charge >= 0.3 is 6.18 Å². The molecule has 1 aliphatic rings. The largest absolute Gasteiger partial charge is 0.416 e. The predicted octanol–water partition coefficient (Wildman–Crippen LogP) is 4.62. The quantitative estimate of drug-likeness (QED) is 0.543. The molecule has 0 radical (unpaired) electrons. The summed E-state index contributed by atoms with van der Waals surface area (Å²) >= 11 is 0. The van der Waals surface area contributed by atoms with Gasteiger partial charge in [-0.3, -0.25) is 14.4 Å². The van der Waals surface area contributed by atoms with Crippen molar-refractivity contribution < 1.29 is 30.8 Å². The van der Waals surface area contributed by atoms with Crippen molar-refractivity contribution in [3.8, 4) is 0 Å². The Bertz CT molecular complexity index is 1120. The topological polar surface area (TPSA) is 78.5 Å². The second-order valence-corrected chi connectivity index (χ2v) is 10.2. The van der Waals surface area contributed by atoms with E-state index in [1.807, 2.05) is 4.90 Å². The maximum atomic E-state index is 14.4. The number of piperidine rings is 1. The molecule has 0 aliphatic carbocycles. The van der Waals surface area contributed by atoms with Crippen molar-refractivity contribution in [2.24, 2.45) is 0 Å². The molecule has 1 amide bonds. The summed E-state index contributed by atoms with van der Waals surface area (Å²) in [6, 6.07) is 8.49. The number of rotatable bonds is 7. The standard InChI is InChI=1S/C23H27F4N3O3S/c1-15(17-8-11-20(19(24)14-17)29-34(2,32)33)22(31)28-21(30-12-4-3-5-13-30)16-6-9-18(10-7-16)23(25,26)27/h6-11,14-15,21,29H,3-5,12-13H2,1-2H3,(H,28,31). The number of carbonyl (C=O) groups excluding carboxylic acids is 1. The van der Waals surface area contributed by atoms with Crippen LogP contribution in [0.25, 0.3) is 0 Å². The van der Waals surface area contributed by atoms with Crippen LogP contribution < -0.4 is 10.0 Å². The summed E-state index contributed by atoms with van der Waals surface area (Å²) in [5.41, 5.74) is -0.144. The van der Waals surface area contributed by atoms with Crippen LogP contribution in [0.1, 0.15) is 55.0 Å². The van der Waals surface area contributed by atoms with Crippen LogP contribution in [0.15, 0.2) is 42.5 Å². The van der Waals surface area contributed by atoms with Gasteiger partial charge in [0.15, 0.2) is 0 Å². The van der Waals surface area contributed by atoms with Gasteiger partial charge in [0.05, 0.1) is 23.4 Å². The summed E-state index contributed by atoms with van der Waals surface area (Å²) in [7, 11) is -3.67. The number of nitrogens with one attached hydrogen (secondary N) is 2. The number of carbonyl (C=O) groups is 1. The second-order valence-electron chi connectivity index (χ2n) is 8.46. The molecule has 0 aromatic heterocycles. The number of likely N-dealkylation sites (tertiary alicyclic amines) is 1. The SMILES string of the molecule is CC(C(=O)NC(c1ccc(C(F)(F)F)cc1)N1CCCCC1)c1ccc(NS(C)(=O)=O)c(F)c1. The Labute approximate surface area is 196 Å². The fourth-order valence-corrected chi connectivity index (χ4v) is 4.48. The third kappa shape index (κ3) is 6.69. The van der Waals surface area contributed by atoms with Gasteiger partial charge in [0.1, 0.15) is 12.0 Å². The van der Waals surface area contributed by atoms with Crippen LogP contribution in [0.3, 0.4) is 0 Å². The third-order valence-electron chi connectivity index (χ3n) is 5.77. The molecule has 2 aromatic carbocycles. The number of amides is 1. The van der Waals surface area contributed by atoms with E-state index in [9.17, 15) is 30.8 Å². The average molecular weight is 502 g/mol. The fraction of sp³-hybridized carbons (Fsp3) is 0.435. The monoisotopic (exact) mass is 501 g/mol. The first-order chi connectivity index (χ1) is 15.8. The number of halogens is 4. The molecular formula is C23H27F4N3O3S. The van der Waals surface area contributed by atoms with Crippen molar-refractivity contribution >= 4 is 21.6 Å². The van der Waals surface area contributed by atoms with Gasteiger partial charge in [-0.15, -0.1) is 0 Å². The molecule has 2 aromatic rings. The first kappa shape index (κ1) is 26.0. The molecule has 3 rings (SSSR count). The summed E-state index contributed by atoms with van der Waals surface area (Å²) in [6.07, 6.45) is -1.34. The number of sulfonamides is 1. The Kier molecular flexibility index (Phi) is 7.87. The molecule has 1 saturated heterocycles. The van der Waals surface area contributed by atoms with Gasteiger partial charge < -0.3 is 5.32 Å². The Hall–Kier alpha value is -2.66. The van der Waals surface area contributed by atoms with Gasteiger partial charge in [-0.05, 0) is 55.2 Å². The van der Waals surface area contributed by atoms with Crippen LogP contribution in [0.5, 0.6) is 0 Å². The molecule has 1 fully saturated rings. The highest BCUT2D eigenvalue weighted by Gasteiger charge is 2.31. The van der Waals surface area contributed by atoms with Crippen LogP contribution in [0.4, 0.5) is 23.2 Å². The zero-order valence-corrected chi connectivity index (χ0v) is 19.6. The van der Waals surface area contributed by atoms with E-state index < -0.39 is 45.6 Å². The molecule has 1 heterocycles. The number of anilines is 1. The summed E-state index contributed by atoms with van der Waals surface area (Å²) in [5.74, 6) is -2.04. The lowest BCUT2D eigenvalue weighted by Gasteiger charge is -2.36. The molecule has 1 aliphatic heterocycles. The lowest BCUT2D eigenvalue weighted by Crippen LogP contribution is -2.44. The van der Waals surface area contributed by atoms with Gasteiger partial charge in [0.2, 0.25) is 15.9 Å². The molecule has 34 heavy (non-hydrogen) atoms. The van der Waals surface area contributed by atoms with E-state index in [1.165, 1.54) is 24.3 Å². The fourth-order valence-electron chi connectivity index (χ4n) is 3.91. The maximum absolute atomic E-state index is 14.4. The van der Waals surface area contributed by atoms with E-state index in [2.05, 4.69) is 10.0 Å². The van der Waals surface area contributed by atoms with Gasteiger partial charge in [0, 0.05) is 13.1 Å². The second kappa shape index (κ2) is 10.3. The molecule has 11 heteroatoms. The minimum Gasteiger partial charge on any atom is -0.336 e. The van der Waals surface area contributed by atoms with Crippen molar-refractivity contribution in [2.45, 2.75) is 44.4 Å². The van der Waals surface area contributed by atoms with Gasteiger partial charge in [-0.25, -0.2) is 12.8 Å². The number of hydrogen-bond donors (Lipinski definition) is 2. The summed E-state index contributed by atoms with van der Waals surface area (Å²) in [4.78, 5) is 15.1. The Morgan fingerprint density at radius 2 is 1.59 bits per heavy atom. The highest BCUT2D eigenvalue weighted by Crippen LogP contribution is 2.31. The Morgan fingerprint density at radius 1 is 1.00 bits per heavy atom. The molecule has 2 atom stereocenters. The van der Waals surface area contributed by atoms with E-state index >= 15 is 0 Å². The molecule has 0 bridgehead atoms. The number of nitrogens with zero attached hydrogens (tertiary/aromatic N) is 1. The van der Waals surface area contributed by atoms with E-state index in [0.29, 0.717) is 24.2 Å². The zero-order valence-electron chi connectivity index (χ0n) is 18.8. The lowest BCUT2D eigenvalue weighted by molar-refractivity contribution is -0.137. The molecule has 186 valence electrons. The van der Waals surface area contributed by atoms with Crippen molar-refractivity contribution in [3.63, 3.8) is 0 Å². The highest BCUT2D eigenvalue weighted by molar-refractivity contribution is 7.92. The lowest BCUT2D eigenvalue weighted by atomic mass is 9.98. The van der Waals surface area contributed by atoms with Crippen molar-refractivity contribution in [1.29, 1.82) is 0 Å². The predicted molar refractivity (Wildman–Crippen MR) is 121 cm³/mol. The molecule has 0 saturated carbocycles. The maximum Gasteiger partial charge on any atom is 0.416 e. The third-order valence-corrected chi connectivity index (χ3v) is 6.36. The van der Waals surface area contributed by atoms with E-state index in [1.54, 1.807) is 6.92 Å². The van der Waals surface area contributed by atoms with Crippen LogP contribution in [0, 0.1) is 5.82 Å². The normalized spacial score (nSPS) is 17.1. The van der Waals surface area contributed by atoms with Crippen molar-refractivity contribution in [1.82, 2.24) is 10.2 Å². The summed E-state index contributed by atoms with van der Waals surface area (Å²) in [6.45, 7) is 2.94. The number of alkyl halides is 3. The Balaban J connectivity index is 1.81. The van der Waals surface area contributed by atoms with E-state index in [0.717, 1.165) is 43.7 Å². The summed E-state index contributed by atoms with van der Waals surface area (Å²) < 4.78 is 78.1. The molecular weight excluding hydrogens is 474 g/mol. The molecule has 2 unspecified atom stereocenters. The van der Waals surface area contributed by atoms with Crippen molar-refractivity contribution in [3.05, 3.63) is 65.0 Å². The zero-order chi connectivity index (χ0) is 25.1. The molecule has 6 nitrogen and oxygen atoms in total. The van der Waals surface area contributed by atoms with E-state index in [-0.39, 0.29) is 5.69 Å². The first-order valence-electron chi connectivity index (χ1n) is 10.8. The van der Waals surface area contributed by atoms with Gasteiger partial charge in [-0.2, -0.15) is 13.2 Å². The average Bonchev–Trinajstić information content (AvgIpc) is 2.77. The van der Waals surface area contributed by atoms with Gasteiger partial charge in [-0.1, -0.05) is 24.6 Å². The summed E-state index contributed by atoms with van der Waals surface area (Å²) in [5, 5.41) is 2.90. The van der Waals surface area contributed by atoms with Crippen LogP contribution in [0.2, 0.25) is 0 Å². The van der Waals surface area contributed by atoms with Crippen LogP contribution in [-0.4, -0.2) is 38.6 Å². The molecule has 0 spiro atoms. The molecule has 2 N–H and O–H groups in total. The number of hydrogen-bond acceptors (Lipinski definition) is 4. The highest BCUT2D eigenvalue weighted by atomic mass is 32.2. The number of benzene rings is 2. The van der Waals surface area contributed by atoms with Crippen LogP contribution >= 0.6 is 0 Å². The first-order valence-corrected chi connectivity index (χ1v) is 12.7.